The molecule has 15 heavy (non-hydrogen) atoms. The van der Waals surface area contributed by atoms with Crippen molar-refractivity contribution in [1.29, 1.82) is 0 Å². The number of nitrogens with zero attached hydrogens (tertiary/aromatic N) is 2. The maximum atomic E-state index is 10.2. The van der Waals surface area contributed by atoms with Gasteiger partial charge >= 0.3 is 0 Å². The summed E-state index contributed by atoms with van der Waals surface area (Å²) in [7, 11) is 0. The Morgan fingerprint density at radius 2 is 2.13 bits per heavy atom. The fraction of sp³-hybridized carbons (Fsp3) is 0.182. The molecule has 2 rings (SSSR count). The lowest BCUT2D eigenvalue weighted by Crippen LogP contribution is -2.13. The minimum atomic E-state index is 0.370. The fourth-order valence-corrected chi connectivity index (χ4v) is 1.51. The number of hydrogen-bond donors (Lipinski definition) is 1. The first-order valence-corrected chi connectivity index (χ1v) is 4.70. The normalized spacial score (nSPS) is 10.2. The van der Waals surface area contributed by atoms with Gasteiger partial charge in [0.2, 0.25) is 6.41 Å². The Bertz CT molecular complexity index is 496. The first kappa shape index (κ1) is 9.58. The molecular formula is C11H11N3O. The highest BCUT2D eigenvalue weighted by Gasteiger charge is 2.02. The second-order valence-electron chi connectivity index (χ2n) is 3.24. The molecule has 4 heteroatoms. The average Bonchev–Trinajstić information content (AvgIpc) is 2.26. The van der Waals surface area contributed by atoms with Crippen molar-refractivity contribution in [3.05, 3.63) is 35.8 Å². The lowest BCUT2D eigenvalue weighted by Gasteiger charge is -2.04. The Morgan fingerprint density at radius 1 is 1.33 bits per heavy atom. The van der Waals surface area contributed by atoms with Crippen molar-refractivity contribution >= 4 is 17.3 Å². The zero-order valence-corrected chi connectivity index (χ0v) is 8.40. The Hall–Kier alpha value is -1.97. The van der Waals surface area contributed by atoms with Crippen molar-refractivity contribution in [2.45, 2.75) is 13.5 Å². The van der Waals surface area contributed by atoms with Gasteiger partial charge in [-0.2, -0.15) is 0 Å². The molecule has 0 saturated heterocycles. The van der Waals surface area contributed by atoms with Crippen LogP contribution in [0.4, 0.5) is 0 Å². The second-order valence-corrected chi connectivity index (χ2v) is 3.24. The van der Waals surface area contributed by atoms with Crippen LogP contribution in [-0.2, 0) is 11.3 Å². The molecule has 0 saturated carbocycles. The highest BCUT2D eigenvalue weighted by Crippen LogP contribution is 2.14. The van der Waals surface area contributed by atoms with E-state index in [9.17, 15) is 4.79 Å². The monoisotopic (exact) mass is 201 g/mol. The summed E-state index contributed by atoms with van der Waals surface area (Å²) in [6, 6.07) is 7.82. The van der Waals surface area contributed by atoms with E-state index in [1.165, 1.54) is 0 Å². The first-order chi connectivity index (χ1) is 7.31. The summed E-state index contributed by atoms with van der Waals surface area (Å²) < 4.78 is 0. The summed E-state index contributed by atoms with van der Waals surface area (Å²) in [6.45, 7) is 2.31. The quantitative estimate of drug-likeness (QED) is 0.759. The van der Waals surface area contributed by atoms with Crippen LogP contribution in [0.25, 0.3) is 10.9 Å². The van der Waals surface area contributed by atoms with Gasteiger partial charge < -0.3 is 5.32 Å². The summed E-state index contributed by atoms with van der Waals surface area (Å²) >= 11 is 0. The van der Waals surface area contributed by atoms with Gasteiger partial charge in [0, 0.05) is 11.1 Å². The van der Waals surface area contributed by atoms with Gasteiger partial charge in [0.05, 0.1) is 12.1 Å². The molecule has 0 aliphatic rings. The Labute approximate surface area is 87.4 Å². The van der Waals surface area contributed by atoms with Crippen molar-refractivity contribution in [2.24, 2.45) is 0 Å². The predicted molar refractivity (Wildman–Crippen MR) is 57.2 cm³/mol. The average molecular weight is 201 g/mol. The number of hydrogen-bond acceptors (Lipinski definition) is 3. The molecular weight excluding hydrogens is 190 g/mol. The van der Waals surface area contributed by atoms with E-state index in [0.29, 0.717) is 18.8 Å². The van der Waals surface area contributed by atoms with Gasteiger partial charge in [-0.05, 0) is 13.0 Å². The highest BCUT2D eigenvalue weighted by molar-refractivity contribution is 5.80. The van der Waals surface area contributed by atoms with E-state index in [1.54, 1.807) is 0 Å². The zero-order chi connectivity index (χ0) is 10.7. The molecule has 1 aromatic carbocycles. The molecule has 0 unspecified atom stereocenters. The van der Waals surface area contributed by atoms with Gasteiger partial charge in [-0.1, -0.05) is 18.2 Å². The molecule has 1 heterocycles. The number of aryl methyl sites for hydroxylation is 1. The molecule has 76 valence electrons. The molecule has 0 aliphatic carbocycles. The molecule has 0 aliphatic heterocycles. The molecule has 1 aromatic heterocycles. The topological polar surface area (TPSA) is 54.9 Å². The standard InChI is InChI=1S/C11H11N3O/c1-8-9-4-2-3-5-10(9)14-11(13-8)6-12-7-15/h2-5,7H,6H2,1H3,(H,12,15). The lowest BCUT2D eigenvalue weighted by atomic mass is 10.2. The summed E-state index contributed by atoms with van der Waals surface area (Å²) in [5, 5.41) is 3.60. The summed E-state index contributed by atoms with van der Waals surface area (Å²) in [5.74, 6) is 0.637. The third-order valence-corrected chi connectivity index (χ3v) is 2.18. The SMILES string of the molecule is Cc1nc(CNC=O)nc2ccccc12. The molecule has 0 spiro atoms. The predicted octanol–water partition coefficient (Wildman–Crippen LogP) is 1.18. The number of carbonyl (C=O) groups is 1. The largest absolute Gasteiger partial charge is 0.351 e. The number of rotatable bonds is 3. The maximum absolute atomic E-state index is 10.2. The van der Waals surface area contributed by atoms with Crippen LogP contribution in [0, 0.1) is 6.92 Å². The minimum absolute atomic E-state index is 0.370. The zero-order valence-electron chi connectivity index (χ0n) is 8.40. The summed E-state index contributed by atoms with van der Waals surface area (Å²) in [6.07, 6.45) is 0.647. The molecule has 0 bridgehead atoms. The van der Waals surface area contributed by atoms with Crippen molar-refractivity contribution in [3.8, 4) is 0 Å². The van der Waals surface area contributed by atoms with Crippen LogP contribution in [0.15, 0.2) is 24.3 Å². The van der Waals surface area contributed by atoms with Gasteiger partial charge in [-0.25, -0.2) is 9.97 Å². The van der Waals surface area contributed by atoms with Gasteiger partial charge in [-0.3, -0.25) is 4.79 Å². The van der Waals surface area contributed by atoms with Crippen LogP contribution >= 0.6 is 0 Å². The van der Waals surface area contributed by atoms with Gasteiger partial charge in [0.1, 0.15) is 5.82 Å². The molecule has 0 radical (unpaired) electrons. The van der Waals surface area contributed by atoms with Crippen LogP contribution in [-0.4, -0.2) is 16.4 Å². The van der Waals surface area contributed by atoms with Gasteiger partial charge in [-0.15, -0.1) is 0 Å². The smallest absolute Gasteiger partial charge is 0.207 e. The van der Waals surface area contributed by atoms with Crippen LogP contribution in [0.1, 0.15) is 11.5 Å². The number of carbonyl (C=O) groups excluding carboxylic acids is 1. The van der Waals surface area contributed by atoms with E-state index in [2.05, 4.69) is 15.3 Å². The highest BCUT2D eigenvalue weighted by atomic mass is 16.1. The number of benzene rings is 1. The minimum Gasteiger partial charge on any atom is -0.351 e. The van der Waals surface area contributed by atoms with Gasteiger partial charge in [0.15, 0.2) is 0 Å². The Morgan fingerprint density at radius 3 is 2.93 bits per heavy atom. The first-order valence-electron chi connectivity index (χ1n) is 4.70. The summed E-state index contributed by atoms with van der Waals surface area (Å²) in [4.78, 5) is 18.8. The second kappa shape index (κ2) is 4.04. The number of nitrogens with one attached hydrogen (secondary N) is 1. The third kappa shape index (κ3) is 1.93. The van der Waals surface area contributed by atoms with Crippen molar-refractivity contribution in [3.63, 3.8) is 0 Å². The van der Waals surface area contributed by atoms with E-state index < -0.39 is 0 Å². The van der Waals surface area contributed by atoms with Crippen molar-refractivity contribution < 1.29 is 4.79 Å². The van der Waals surface area contributed by atoms with Crippen LogP contribution in [0.2, 0.25) is 0 Å². The van der Waals surface area contributed by atoms with E-state index >= 15 is 0 Å². The van der Waals surface area contributed by atoms with Crippen LogP contribution in [0.5, 0.6) is 0 Å². The summed E-state index contributed by atoms with van der Waals surface area (Å²) in [5.41, 5.74) is 1.84. The van der Waals surface area contributed by atoms with Crippen LogP contribution in [0.3, 0.4) is 0 Å². The molecule has 1 N–H and O–H groups in total. The lowest BCUT2D eigenvalue weighted by molar-refractivity contribution is -0.109. The Balaban J connectivity index is 2.47. The Kier molecular flexibility index (Phi) is 2.58. The van der Waals surface area contributed by atoms with E-state index in [0.717, 1.165) is 16.6 Å². The molecule has 4 nitrogen and oxygen atoms in total. The number of aromatic nitrogens is 2. The van der Waals surface area contributed by atoms with Crippen molar-refractivity contribution in [2.75, 3.05) is 0 Å². The van der Waals surface area contributed by atoms with Crippen molar-refractivity contribution in [1.82, 2.24) is 15.3 Å². The third-order valence-electron chi connectivity index (χ3n) is 2.18. The fourth-order valence-electron chi connectivity index (χ4n) is 1.51. The van der Waals surface area contributed by atoms with E-state index in [1.807, 2.05) is 31.2 Å². The molecule has 2 aromatic rings. The maximum Gasteiger partial charge on any atom is 0.207 e. The number of fused-ring (bicyclic) bond motifs is 1. The number of para-hydroxylation sites is 1. The molecule has 0 atom stereocenters. The molecule has 0 fully saturated rings. The van der Waals surface area contributed by atoms with E-state index in [-0.39, 0.29) is 0 Å². The molecule has 1 amide bonds. The number of amides is 1. The van der Waals surface area contributed by atoms with E-state index in [4.69, 9.17) is 0 Å². The van der Waals surface area contributed by atoms with Gasteiger partial charge in [0.25, 0.3) is 0 Å². The van der Waals surface area contributed by atoms with Crippen LogP contribution < -0.4 is 5.32 Å².